The Labute approximate surface area is 286 Å². The van der Waals surface area contributed by atoms with Crippen LogP contribution in [0.4, 0.5) is 17.3 Å². The van der Waals surface area contributed by atoms with Crippen LogP contribution in [0.25, 0.3) is 0 Å². The molecule has 1 aliphatic carbocycles. The van der Waals surface area contributed by atoms with Crippen molar-refractivity contribution >= 4 is 44.3 Å². The van der Waals surface area contributed by atoms with Gasteiger partial charge in [-0.2, -0.15) is 0 Å². The number of para-hydroxylation sites is 2. The van der Waals surface area contributed by atoms with Gasteiger partial charge in [-0.05, 0) is 76.6 Å². The van der Waals surface area contributed by atoms with Gasteiger partial charge < -0.3 is 26.7 Å². The summed E-state index contributed by atoms with van der Waals surface area (Å²) >= 11 is 0. The van der Waals surface area contributed by atoms with Crippen LogP contribution < -0.4 is 30.7 Å². The zero-order valence-corrected chi connectivity index (χ0v) is 29.5. The molecule has 0 N–H and O–H groups in total. The Balaban J connectivity index is 0.000000440. The monoisotopic (exact) mass is 756 g/mol. The fraction of sp³-hybridized carbons (Fsp3) is 0.222. The average Bonchev–Trinajstić information content (AvgIpc) is 3.03. The average molecular weight is 756 g/mol. The van der Waals surface area contributed by atoms with Crippen LogP contribution in [0.15, 0.2) is 133 Å². The molecule has 247 valence electrons. The third-order valence-corrected chi connectivity index (χ3v) is 12.2. The molecular formula is C36H40BF4O2P2Rh-. The minimum absolute atomic E-state index is 0. The molecule has 0 spiro atoms. The molecule has 0 aliphatic heterocycles. The molecule has 1 radical (unpaired) electrons. The summed E-state index contributed by atoms with van der Waals surface area (Å²) in [5.41, 5.74) is 0. The molecule has 4 aromatic rings. The van der Waals surface area contributed by atoms with Gasteiger partial charge in [0.05, 0.1) is 14.2 Å². The van der Waals surface area contributed by atoms with Gasteiger partial charge in [0, 0.05) is 30.1 Å². The van der Waals surface area contributed by atoms with E-state index in [1.165, 1.54) is 46.9 Å². The van der Waals surface area contributed by atoms with Gasteiger partial charge in [0.25, 0.3) is 0 Å². The molecule has 0 heterocycles. The third-order valence-electron chi connectivity index (χ3n) is 6.77. The molecular weight excluding hydrogens is 716 g/mol. The van der Waals surface area contributed by atoms with Gasteiger partial charge in [-0.15, -0.1) is 0 Å². The summed E-state index contributed by atoms with van der Waals surface area (Å²) in [5, 5.41) is 5.38. The van der Waals surface area contributed by atoms with Crippen LogP contribution >= 0.6 is 15.8 Å². The van der Waals surface area contributed by atoms with Crippen LogP contribution in [0.1, 0.15) is 25.7 Å². The normalized spacial score (nSPS) is 14.3. The summed E-state index contributed by atoms with van der Waals surface area (Å²) in [7, 11) is -3.57. The van der Waals surface area contributed by atoms with Crippen LogP contribution in [-0.2, 0) is 19.5 Å². The maximum absolute atomic E-state index is 9.75. The van der Waals surface area contributed by atoms with Gasteiger partial charge in [-0.1, -0.05) is 121 Å². The predicted molar refractivity (Wildman–Crippen MR) is 188 cm³/mol. The van der Waals surface area contributed by atoms with Crippen molar-refractivity contribution in [2.75, 3.05) is 26.5 Å². The van der Waals surface area contributed by atoms with Crippen molar-refractivity contribution in [1.82, 2.24) is 0 Å². The molecule has 0 unspecified atom stereocenters. The largest absolute Gasteiger partial charge is 0.673 e. The van der Waals surface area contributed by atoms with Gasteiger partial charge in [0.15, 0.2) is 0 Å². The van der Waals surface area contributed by atoms with Crippen molar-refractivity contribution in [2.45, 2.75) is 25.7 Å². The number of hydrogen-bond donors (Lipinski definition) is 0. The van der Waals surface area contributed by atoms with Crippen molar-refractivity contribution in [1.29, 1.82) is 0 Å². The molecule has 1 aliphatic rings. The zero-order valence-electron chi connectivity index (χ0n) is 26.1. The minimum Gasteiger partial charge on any atom is -0.496 e. The zero-order chi connectivity index (χ0) is 32.3. The van der Waals surface area contributed by atoms with Gasteiger partial charge >= 0.3 is 7.25 Å². The Morgan fingerprint density at radius 1 is 0.500 bits per heavy atom. The molecule has 10 heteroatoms. The third kappa shape index (κ3) is 14.3. The maximum Gasteiger partial charge on any atom is 0.673 e. The second kappa shape index (κ2) is 21.9. The number of benzene rings is 4. The first-order chi connectivity index (χ1) is 21.8. The van der Waals surface area contributed by atoms with Crippen LogP contribution in [0.3, 0.4) is 0 Å². The van der Waals surface area contributed by atoms with Crippen molar-refractivity contribution in [3.8, 4) is 11.5 Å². The Morgan fingerprint density at radius 3 is 1.09 bits per heavy atom. The number of rotatable bonds is 9. The molecule has 46 heavy (non-hydrogen) atoms. The first kappa shape index (κ1) is 39.4. The van der Waals surface area contributed by atoms with Crippen LogP contribution in [0, 0.1) is 0 Å². The summed E-state index contributed by atoms with van der Waals surface area (Å²) in [6.45, 7) is 0. The predicted octanol–water partition coefficient (Wildman–Crippen LogP) is 9.24. The summed E-state index contributed by atoms with van der Waals surface area (Å²) in [4.78, 5) is 0. The number of allylic oxidation sites excluding steroid dienone is 4. The number of ether oxygens (including phenoxy) is 2. The van der Waals surface area contributed by atoms with Crippen molar-refractivity contribution in [3.05, 3.63) is 133 Å². The standard InChI is InChI=1S/C28H28O2P2.C8H12.BF4.Rh/c1-29-25-17-9-11-19-27(25)31(23-13-5-3-6-14-23)21-22-32(24-15-7-4-8-16-24)28-20-12-10-18-26(28)30-2;1-2-4-6-8-7-5-3-1;2-1(3,4)5;/h3-20H,21-22H2,1-2H3;1-2,7-8H,3-6H2;;/q;;-1;/b;2-1-,8-7?;;/t31-,32-;;;/m1.../s1. The van der Waals surface area contributed by atoms with Crippen molar-refractivity contribution in [2.24, 2.45) is 0 Å². The second-order valence-electron chi connectivity index (χ2n) is 9.91. The van der Waals surface area contributed by atoms with E-state index in [-0.39, 0.29) is 19.5 Å². The fourth-order valence-electron chi connectivity index (χ4n) is 4.75. The van der Waals surface area contributed by atoms with Crippen molar-refractivity contribution in [3.63, 3.8) is 0 Å². The number of halogens is 4. The summed E-state index contributed by atoms with van der Waals surface area (Å²) < 4.78 is 50.5. The Kier molecular flexibility index (Phi) is 18.8. The van der Waals surface area contributed by atoms with E-state index in [0.29, 0.717) is 0 Å². The van der Waals surface area contributed by atoms with Crippen molar-refractivity contribution < 1.29 is 46.2 Å². The number of hydrogen-bond acceptors (Lipinski definition) is 2. The van der Waals surface area contributed by atoms with E-state index in [1.807, 2.05) is 12.1 Å². The van der Waals surface area contributed by atoms with E-state index in [1.54, 1.807) is 14.2 Å². The van der Waals surface area contributed by atoms with E-state index < -0.39 is 23.1 Å². The fourth-order valence-corrected chi connectivity index (χ4v) is 10.4. The summed E-state index contributed by atoms with van der Waals surface area (Å²) in [5.74, 6) is 1.95. The number of methoxy groups -OCH3 is 2. The van der Waals surface area contributed by atoms with E-state index in [2.05, 4.69) is 121 Å². The first-order valence-corrected chi connectivity index (χ1v) is 18.0. The molecule has 0 saturated carbocycles. The van der Waals surface area contributed by atoms with Gasteiger partial charge in [0.1, 0.15) is 11.5 Å². The van der Waals surface area contributed by atoms with Gasteiger partial charge in [-0.25, -0.2) is 0 Å². The van der Waals surface area contributed by atoms with E-state index in [4.69, 9.17) is 9.47 Å². The van der Waals surface area contributed by atoms with E-state index in [0.717, 1.165) is 23.8 Å². The molecule has 0 fully saturated rings. The van der Waals surface area contributed by atoms with E-state index in [9.17, 15) is 17.3 Å². The van der Waals surface area contributed by atoms with Gasteiger partial charge in [-0.3, -0.25) is 0 Å². The second-order valence-corrected chi connectivity index (χ2v) is 14.5. The molecule has 0 amide bonds. The molecule has 0 bridgehead atoms. The van der Waals surface area contributed by atoms with E-state index >= 15 is 0 Å². The summed E-state index contributed by atoms with van der Waals surface area (Å²) in [6.07, 6.45) is 16.2. The van der Waals surface area contributed by atoms with Gasteiger partial charge in [0.2, 0.25) is 0 Å². The Hall–Kier alpha value is -2.77. The summed E-state index contributed by atoms with van der Waals surface area (Å²) in [6, 6.07) is 38.7. The Bertz CT molecular complexity index is 1330. The van der Waals surface area contributed by atoms with Crippen LogP contribution in [0.2, 0.25) is 0 Å². The Morgan fingerprint density at radius 2 is 0.783 bits per heavy atom. The first-order valence-electron chi connectivity index (χ1n) is 14.9. The van der Waals surface area contributed by atoms with Crippen LogP contribution in [0.5, 0.6) is 11.5 Å². The molecule has 2 atom stereocenters. The molecule has 0 saturated heterocycles. The quantitative estimate of drug-likeness (QED) is 0.0735. The molecule has 4 aromatic carbocycles. The minimum atomic E-state index is -6.00. The molecule has 5 rings (SSSR count). The SMILES string of the molecule is C1=CCC/C=C\CC1.COc1ccccc1[P@](CC[P@](c1ccccc1)c1ccccc1OC)c1ccccc1.F[B-](F)(F)F.[Rh]. The molecule has 2 nitrogen and oxygen atoms in total. The molecule has 0 aromatic heterocycles. The maximum atomic E-state index is 9.75. The topological polar surface area (TPSA) is 18.5 Å². The van der Waals surface area contributed by atoms with Crippen LogP contribution in [-0.4, -0.2) is 33.8 Å². The smallest absolute Gasteiger partial charge is 0.496 e.